The van der Waals surface area contributed by atoms with Crippen molar-refractivity contribution in [3.63, 3.8) is 0 Å². The summed E-state index contributed by atoms with van der Waals surface area (Å²) in [5, 5.41) is 10.8. The zero-order chi connectivity index (χ0) is 10.3. The molecule has 0 fully saturated rings. The van der Waals surface area contributed by atoms with Crippen LogP contribution in [0.5, 0.6) is 5.75 Å². The summed E-state index contributed by atoms with van der Waals surface area (Å²) in [4.78, 5) is 0. The van der Waals surface area contributed by atoms with E-state index in [1.807, 2.05) is 19.9 Å². The molecule has 0 amide bonds. The van der Waals surface area contributed by atoms with Crippen molar-refractivity contribution >= 4 is 31.9 Å². The summed E-state index contributed by atoms with van der Waals surface area (Å²) in [6, 6.07) is 5.55. The van der Waals surface area contributed by atoms with Crippen LogP contribution in [0, 0.1) is 0 Å². The molecule has 0 saturated heterocycles. The SMILES string of the molecule is CC.Oc1cc(CBr)cc(CBr)c1. The fourth-order valence-electron chi connectivity index (χ4n) is 0.897. The molecule has 0 aliphatic heterocycles. The van der Waals surface area contributed by atoms with Crippen molar-refractivity contribution in [2.75, 3.05) is 0 Å². The number of rotatable bonds is 2. The molecule has 0 aromatic heterocycles. The Balaban J connectivity index is 0.000000671. The molecular weight excluding hydrogens is 296 g/mol. The van der Waals surface area contributed by atoms with Gasteiger partial charge in [0.1, 0.15) is 5.75 Å². The van der Waals surface area contributed by atoms with E-state index in [0.29, 0.717) is 5.75 Å². The van der Waals surface area contributed by atoms with E-state index in [1.165, 1.54) is 0 Å². The Labute approximate surface area is 96.4 Å². The predicted octanol–water partition coefficient (Wildman–Crippen LogP) is 4.21. The van der Waals surface area contributed by atoms with Gasteiger partial charge in [0.25, 0.3) is 0 Å². The van der Waals surface area contributed by atoms with Crippen LogP contribution in [0.3, 0.4) is 0 Å². The minimum absolute atomic E-state index is 0.330. The Bertz CT molecular complexity index is 226. The fraction of sp³-hybridized carbons (Fsp3) is 0.400. The summed E-state index contributed by atoms with van der Waals surface area (Å²) in [5.74, 6) is 0.330. The second-order valence-electron chi connectivity index (χ2n) is 2.27. The lowest BCUT2D eigenvalue weighted by Crippen LogP contribution is -1.82. The van der Waals surface area contributed by atoms with Gasteiger partial charge in [-0.15, -0.1) is 0 Å². The second-order valence-corrected chi connectivity index (χ2v) is 3.40. The van der Waals surface area contributed by atoms with Crippen LogP contribution in [0.1, 0.15) is 25.0 Å². The van der Waals surface area contributed by atoms with Crippen LogP contribution >= 0.6 is 31.9 Å². The molecule has 0 bridgehead atoms. The molecule has 1 aromatic rings. The molecule has 1 aromatic carbocycles. The quantitative estimate of drug-likeness (QED) is 0.811. The van der Waals surface area contributed by atoms with Gasteiger partial charge in [0.2, 0.25) is 0 Å². The average Bonchev–Trinajstić information content (AvgIpc) is 2.20. The minimum Gasteiger partial charge on any atom is -0.508 e. The van der Waals surface area contributed by atoms with Gasteiger partial charge in [-0.25, -0.2) is 0 Å². The molecule has 1 rings (SSSR count). The molecule has 0 aliphatic rings. The zero-order valence-corrected chi connectivity index (χ0v) is 11.0. The predicted molar refractivity (Wildman–Crippen MR) is 64.7 cm³/mol. The van der Waals surface area contributed by atoms with Crippen molar-refractivity contribution in [1.29, 1.82) is 0 Å². The van der Waals surface area contributed by atoms with Crippen LogP contribution in [0.4, 0.5) is 0 Å². The lowest BCUT2D eigenvalue weighted by Gasteiger charge is -2.00. The average molecular weight is 310 g/mol. The summed E-state index contributed by atoms with van der Waals surface area (Å²) in [6.07, 6.45) is 0. The van der Waals surface area contributed by atoms with E-state index in [2.05, 4.69) is 31.9 Å². The van der Waals surface area contributed by atoms with Crippen LogP contribution in [0.25, 0.3) is 0 Å². The van der Waals surface area contributed by atoms with E-state index in [9.17, 15) is 5.11 Å². The second kappa shape index (κ2) is 7.39. The highest BCUT2D eigenvalue weighted by Crippen LogP contribution is 2.19. The summed E-state index contributed by atoms with van der Waals surface area (Å²) in [5.41, 5.74) is 2.19. The van der Waals surface area contributed by atoms with Crippen molar-refractivity contribution in [1.82, 2.24) is 0 Å². The van der Waals surface area contributed by atoms with Gasteiger partial charge in [0.05, 0.1) is 0 Å². The number of benzene rings is 1. The minimum atomic E-state index is 0.330. The standard InChI is InChI=1S/C8H8Br2O.C2H6/c9-4-6-1-7(5-10)3-8(11)2-6;1-2/h1-3,11H,4-5H2;1-2H3. The first kappa shape index (κ1) is 13.0. The molecule has 3 heteroatoms. The number of hydrogen-bond donors (Lipinski definition) is 1. The largest absolute Gasteiger partial charge is 0.508 e. The summed E-state index contributed by atoms with van der Waals surface area (Å²) >= 11 is 6.66. The van der Waals surface area contributed by atoms with Crippen molar-refractivity contribution in [3.05, 3.63) is 29.3 Å². The van der Waals surface area contributed by atoms with Crippen LogP contribution in [0.2, 0.25) is 0 Å². The van der Waals surface area contributed by atoms with Crippen molar-refractivity contribution in [2.45, 2.75) is 24.5 Å². The molecule has 0 atom stereocenters. The monoisotopic (exact) mass is 308 g/mol. The van der Waals surface area contributed by atoms with Gasteiger partial charge < -0.3 is 5.11 Å². The number of phenols is 1. The molecule has 13 heavy (non-hydrogen) atoms. The molecular formula is C10H14Br2O. The van der Waals surface area contributed by atoms with E-state index >= 15 is 0 Å². The maximum absolute atomic E-state index is 9.21. The number of halogens is 2. The molecule has 1 N–H and O–H groups in total. The zero-order valence-electron chi connectivity index (χ0n) is 7.85. The van der Waals surface area contributed by atoms with Crippen molar-refractivity contribution < 1.29 is 5.11 Å². The van der Waals surface area contributed by atoms with E-state index in [1.54, 1.807) is 12.1 Å². The molecule has 0 radical (unpaired) electrons. The fourth-order valence-corrected chi connectivity index (χ4v) is 1.54. The molecule has 0 saturated carbocycles. The Kier molecular flexibility index (Phi) is 7.38. The van der Waals surface area contributed by atoms with E-state index < -0.39 is 0 Å². The molecule has 0 unspecified atom stereocenters. The molecule has 0 aliphatic carbocycles. The van der Waals surface area contributed by atoms with Gasteiger partial charge in [-0.05, 0) is 23.3 Å². The van der Waals surface area contributed by atoms with Crippen LogP contribution in [-0.4, -0.2) is 5.11 Å². The Morgan fingerprint density at radius 2 is 1.38 bits per heavy atom. The number of alkyl halides is 2. The van der Waals surface area contributed by atoms with E-state index in [0.717, 1.165) is 21.8 Å². The lowest BCUT2D eigenvalue weighted by atomic mass is 10.1. The maximum atomic E-state index is 9.21. The highest BCUT2D eigenvalue weighted by atomic mass is 79.9. The molecule has 74 valence electrons. The third-order valence-corrected chi connectivity index (χ3v) is 2.64. The van der Waals surface area contributed by atoms with Gasteiger partial charge in [-0.3, -0.25) is 0 Å². The summed E-state index contributed by atoms with van der Waals surface area (Å²) in [6.45, 7) is 4.00. The lowest BCUT2D eigenvalue weighted by molar-refractivity contribution is 0.474. The van der Waals surface area contributed by atoms with E-state index in [-0.39, 0.29) is 0 Å². The number of aromatic hydroxyl groups is 1. The van der Waals surface area contributed by atoms with Crippen LogP contribution in [-0.2, 0) is 10.7 Å². The van der Waals surface area contributed by atoms with Gasteiger partial charge >= 0.3 is 0 Å². The Hall–Kier alpha value is -0.0200. The first-order valence-corrected chi connectivity index (χ1v) is 6.44. The molecule has 1 nitrogen and oxygen atoms in total. The smallest absolute Gasteiger partial charge is 0.116 e. The summed E-state index contributed by atoms with van der Waals surface area (Å²) < 4.78 is 0. The Morgan fingerprint density at radius 1 is 1.00 bits per heavy atom. The number of hydrogen-bond acceptors (Lipinski definition) is 1. The topological polar surface area (TPSA) is 20.2 Å². The van der Waals surface area contributed by atoms with Crippen molar-refractivity contribution in [2.24, 2.45) is 0 Å². The van der Waals surface area contributed by atoms with Gasteiger partial charge in [0.15, 0.2) is 0 Å². The normalized spacial score (nSPS) is 8.92. The maximum Gasteiger partial charge on any atom is 0.116 e. The van der Waals surface area contributed by atoms with E-state index in [4.69, 9.17) is 0 Å². The molecule has 0 spiro atoms. The first-order chi connectivity index (χ1) is 6.26. The molecule has 0 heterocycles. The summed E-state index contributed by atoms with van der Waals surface area (Å²) in [7, 11) is 0. The van der Waals surface area contributed by atoms with Gasteiger partial charge in [-0.2, -0.15) is 0 Å². The third kappa shape index (κ3) is 4.67. The highest BCUT2D eigenvalue weighted by molar-refractivity contribution is 9.08. The first-order valence-electron chi connectivity index (χ1n) is 4.20. The number of phenolic OH excluding ortho intramolecular Hbond substituents is 1. The van der Waals surface area contributed by atoms with Gasteiger partial charge in [-0.1, -0.05) is 51.8 Å². The Morgan fingerprint density at radius 3 is 1.69 bits per heavy atom. The third-order valence-electron chi connectivity index (χ3n) is 1.35. The van der Waals surface area contributed by atoms with Crippen molar-refractivity contribution in [3.8, 4) is 5.75 Å². The van der Waals surface area contributed by atoms with Gasteiger partial charge in [0, 0.05) is 10.7 Å². The van der Waals surface area contributed by atoms with Crippen LogP contribution < -0.4 is 0 Å². The highest BCUT2D eigenvalue weighted by Gasteiger charge is 1.97. The van der Waals surface area contributed by atoms with Crippen LogP contribution in [0.15, 0.2) is 18.2 Å².